The molecule has 0 unspecified atom stereocenters. The average Bonchev–Trinajstić information content (AvgIpc) is 3.65. The molecular weight excluding hydrogens is 517 g/mol. The molecule has 1 amide bonds. The molecule has 10 nitrogen and oxygen atoms in total. The van der Waals surface area contributed by atoms with E-state index in [4.69, 9.17) is 19.4 Å². The fraction of sp³-hybridized carbons (Fsp3) is 0.250. The molecule has 2 atom stereocenters. The quantitative estimate of drug-likeness (QED) is 0.377. The van der Waals surface area contributed by atoms with E-state index >= 15 is 4.39 Å². The lowest BCUT2D eigenvalue weighted by Gasteiger charge is -2.42. The summed E-state index contributed by atoms with van der Waals surface area (Å²) in [6.45, 7) is -0.543. The highest BCUT2D eigenvalue weighted by atomic mass is 35.5. The van der Waals surface area contributed by atoms with Gasteiger partial charge in [0.15, 0.2) is 11.6 Å². The van der Waals surface area contributed by atoms with Crippen molar-refractivity contribution in [1.82, 2.24) is 40.1 Å². The molecule has 1 fully saturated rings. The highest BCUT2D eigenvalue weighted by molar-refractivity contribution is 6.31. The maximum Gasteiger partial charge on any atom is 0.247 e. The number of fused-ring (bicyclic) bond motifs is 1. The predicted octanol–water partition coefficient (Wildman–Crippen LogP) is 2.89. The molecule has 2 N–H and O–H groups in total. The summed E-state index contributed by atoms with van der Waals surface area (Å²) in [5, 5.41) is 20.3. The third kappa shape index (κ3) is 3.81. The van der Waals surface area contributed by atoms with Crippen LogP contribution in [0.1, 0.15) is 42.4 Å². The van der Waals surface area contributed by atoms with Gasteiger partial charge in [0.2, 0.25) is 5.91 Å². The van der Waals surface area contributed by atoms with Crippen molar-refractivity contribution in [2.24, 2.45) is 0 Å². The minimum Gasteiger partial charge on any atom is -0.390 e. The number of halogens is 3. The number of hydrogen-bond acceptors (Lipinski definition) is 7. The van der Waals surface area contributed by atoms with Crippen LogP contribution in [-0.4, -0.2) is 64.4 Å². The molecule has 2 radical (unpaired) electrons. The normalized spacial score (nSPS) is 21.1. The number of H-pyrrole nitrogens is 1. The molecule has 0 spiro atoms. The Balaban J connectivity index is 1.36. The molecule has 3 aromatic heterocycles. The molecule has 0 aliphatic carbocycles. The first-order chi connectivity index (χ1) is 18.3. The Labute approximate surface area is 220 Å². The fourth-order valence-electron chi connectivity index (χ4n) is 5.27. The molecule has 1 saturated heterocycles. The number of carbonyl (C=O) groups excluding carboxylic acids is 1. The number of nitrogens with zero attached hydrogens (tertiary/aromatic N) is 7. The number of tetrazole rings is 1. The monoisotopic (exact) mass is 534 g/mol. The van der Waals surface area contributed by atoms with E-state index in [2.05, 4.69) is 30.5 Å². The summed E-state index contributed by atoms with van der Waals surface area (Å²) >= 11 is 6.09. The topological polar surface area (TPSA) is 126 Å². The van der Waals surface area contributed by atoms with Gasteiger partial charge >= 0.3 is 0 Å². The number of carbonyl (C=O) groups is 1. The van der Waals surface area contributed by atoms with Gasteiger partial charge in [0.05, 0.1) is 35.2 Å². The molecule has 190 valence electrons. The van der Waals surface area contributed by atoms with E-state index in [1.54, 1.807) is 6.07 Å². The second-order valence-electron chi connectivity index (χ2n) is 9.18. The Morgan fingerprint density at radius 3 is 2.84 bits per heavy atom. The van der Waals surface area contributed by atoms with Gasteiger partial charge in [0, 0.05) is 28.8 Å². The van der Waals surface area contributed by atoms with Crippen LogP contribution in [0.25, 0.3) is 22.5 Å². The van der Waals surface area contributed by atoms with Crippen molar-refractivity contribution in [2.45, 2.75) is 37.3 Å². The van der Waals surface area contributed by atoms with E-state index in [0.717, 1.165) is 0 Å². The number of aliphatic hydroxyl groups is 1. The third-order valence-corrected chi connectivity index (χ3v) is 7.27. The Morgan fingerprint density at radius 1 is 1.24 bits per heavy atom. The Hall–Kier alpha value is -3.97. The number of nitrogens with one attached hydrogen (secondary N) is 1. The number of benzene rings is 1. The zero-order chi connectivity index (χ0) is 26.6. The van der Waals surface area contributed by atoms with Crippen LogP contribution in [0, 0.1) is 11.6 Å². The van der Waals surface area contributed by atoms with Crippen molar-refractivity contribution in [3.8, 4) is 16.9 Å². The van der Waals surface area contributed by atoms with Gasteiger partial charge in [-0.1, -0.05) is 11.6 Å². The van der Waals surface area contributed by atoms with Crippen LogP contribution in [0.2, 0.25) is 5.02 Å². The van der Waals surface area contributed by atoms with Crippen LogP contribution < -0.4 is 0 Å². The average molecular weight is 535 g/mol. The number of imidazole rings is 1. The number of pyridine rings is 1. The Bertz CT molecular complexity index is 1590. The smallest absolute Gasteiger partial charge is 0.247 e. The van der Waals surface area contributed by atoms with Gasteiger partial charge in [-0.3, -0.25) is 9.78 Å². The first kappa shape index (κ1) is 24.4. The molecule has 1 aromatic carbocycles. The summed E-state index contributed by atoms with van der Waals surface area (Å²) < 4.78 is 31.3. The summed E-state index contributed by atoms with van der Waals surface area (Å²) in [7, 11) is 6.77. The lowest BCUT2D eigenvalue weighted by Crippen LogP contribution is -2.51. The van der Waals surface area contributed by atoms with Crippen molar-refractivity contribution in [2.75, 3.05) is 0 Å². The lowest BCUT2D eigenvalue weighted by atomic mass is 9.68. The first-order valence-electron chi connectivity index (χ1n) is 11.6. The summed E-state index contributed by atoms with van der Waals surface area (Å²) in [4.78, 5) is 26.3. The van der Waals surface area contributed by atoms with Gasteiger partial charge in [0.25, 0.3) is 0 Å². The molecule has 0 bridgehead atoms. The predicted molar refractivity (Wildman–Crippen MR) is 132 cm³/mol. The Morgan fingerprint density at radius 2 is 2.08 bits per heavy atom. The van der Waals surface area contributed by atoms with E-state index in [9.17, 15) is 14.3 Å². The number of rotatable bonds is 5. The number of aromatic nitrogens is 7. The molecule has 2 aliphatic heterocycles. The zero-order valence-electron chi connectivity index (χ0n) is 19.6. The van der Waals surface area contributed by atoms with Gasteiger partial charge in [0.1, 0.15) is 25.7 Å². The molecule has 4 aromatic rings. The highest BCUT2D eigenvalue weighted by Gasteiger charge is 2.49. The van der Waals surface area contributed by atoms with E-state index in [1.165, 1.54) is 46.5 Å². The number of hydrogen-bond donors (Lipinski definition) is 2. The van der Waals surface area contributed by atoms with Crippen LogP contribution in [0.5, 0.6) is 0 Å². The van der Waals surface area contributed by atoms with E-state index in [1.807, 2.05) is 0 Å². The number of aliphatic hydroxyl groups excluding tert-OH is 1. The Kier molecular flexibility index (Phi) is 5.84. The van der Waals surface area contributed by atoms with Gasteiger partial charge < -0.3 is 15.0 Å². The molecule has 6 rings (SSSR count). The lowest BCUT2D eigenvalue weighted by molar-refractivity contribution is -0.130. The zero-order valence-corrected chi connectivity index (χ0v) is 20.4. The van der Waals surface area contributed by atoms with E-state index in [0.29, 0.717) is 35.6 Å². The van der Waals surface area contributed by atoms with Crippen molar-refractivity contribution in [3.05, 3.63) is 76.7 Å². The van der Waals surface area contributed by atoms with E-state index < -0.39 is 35.6 Å². The van der Waals surface area contributed by atoms with Gasteiger partial charge in [-0.15, -0.1) is 5.10 Å². The largest absolute Gasteiger partial charge is 0.390 e. The van der Waals surface area contributed by atoms with Crippen LogP contribution in [0.15, 0.2) is 43.0 Å². The van der Waals surface area contributed by atoms with Crippen LogP contribution in [0.4, 0.5) is 8.78 Å². The molecule has 38 heavy (non-hydrogen) atoms. The van der Waals surface area contributed by atoms with Gasteiger partial charge in [-0.25, -0.2) is 13.8 Å². The number of aromatic amines is 1. The van der Waals surface area contributed by atoms with Crippen LogP contribution >= 0.6 is 11.6 Å². The highest BCUT2D eigenvalue weighted by Crippen LogP contribution is 2.48. The summed E-state index contributed by atoms with van der Waals surface area (Å²) in [6, 6.07) is 3.92. The second-order valence-corrected chi connectivity index (χ2v) is 9.59. The van der Waals surface area contributed by atoms with Gasteiger partial charge in [-0.2, -0.15) is 4.68 Å². The second kappa shape index (κ2) is 9.10. The van der Waals surface area contributed by atoms with Crippen molar-refractivity contribution in [1.29, 1.82) is 0 Å². The van der Waals surface area contributed by atoms with Crippen molar-refractivity contribution >= 4 is 30.9 Å². The van der Waals surface area contributed by atoms with E-state index in [-0.39, 0.29) is 28.3 Å². The van der Waals surface area contributed by atoms with Crippen molar-refractivity contribution in [3.63, 3.8) is 0 Å². The molecule has 14 heteroatoms. The SMILES string of the molecule is [B][C@]12CC[C@@H](c3ncc(-c4ccnc(CO)c4F)[nH]3)N1C(=O)C=C(c1c(-n3cnnn3)ccc(Cl)c1F)C2. The van der Waals surface area contributed by atoms with Crippen LogP contribution in [-0.2, 0) is 11.4 Å². The summed E-state index contributed by atoms with van der Waals surface area (Å²) in [6.07, 6.45) is 6.55. The number of amides is 1. The maximum absolute atomic E-state index is 15.3. The molecule has 2 aliphatic rings. The van der Waals surface area contributed by atoms with Crippen molar-refractivity contribution < 1.29 is 18.7 Å². The molecule has 0 saturated carbocycles. The minimum atomic E-state index is -1.13. The summed E-state index contributed by atoms with van der Waals surface area (Å²) in [5.74, 6) is -1.35. The fourth-order valence-corrected chi connectivity index (χ4v) is 5.43. The maximum atomic E-state index is 15.3. The molecular formula is C24H18BClF2N8O2. The summed E-state index contributed by atoms with van der Waals surface area (Å²) in [5.41, 5.74) is 0.140. The standard InChI is InChI=1S/C24H18BClF2N8O2/c25-24-5-3-18(23-30-9-15(32-23)13-4-6-29-16(10-37)21(13)27)36(24)19(38)7-12(8-24)20-17(35-11-31-33-34-35)2-1-14(26)22(20)28/h1-2,4,6-7,9,11,18,37H,3,5,8,10H2,(H,30,32)/t18-,24+/m0/s1. The first-order valence-corrected chi connectivity index (χ1v) is 12.0. The van der Waals surface area contributed by atoms with Crippen LogP contribution in [0.3, 0.4) is 0 Å². The third-order valence-electron chi connectivity index (χ3n) is 6.98. The molecule has 5 heterocycles. The minimum absolute atomic E-state index is 0.0846. The van der Waals surface area contributed by atoms with Gasteiger partial charge in [-0.05, 0) is 53.5 Å².